The Labute approximate surface area is 55.5 Å². The van der Waals surface area contributed by atoms with E-state index in [4.69, 9.17) is 6.42 Å². The van der Waals surface area contributed by atoms with E-state index in [9.17, 15) is 0 Å². The molecule has 0 radical (unpaired) electrons. The lowest BCUT2D eigenvalue weighted by Crippen LogP contribution is -1.77. The highest BCUT2D eigenvalue weighted by molar-refractivity contribution is 5.38. The largest absolute Gasteiger partial charge is 0.115 e. The molecule has 0 nitrogen and oxygen atoms in total. The van der Waals surface area contributed by atoms with Gasteiger partial charge in [-0.2, -0.15) is 0 Å². The minimum absolute atomic E-state index is 0.984. The molecular formula is C9H8. The van der Waals surface area contributed by atoms with Crippen LogP contribution in [0.1, 0.15) is 11.1 Å². The van der Waals surface area contributed by atoms with Gasteiger partial charge in [-0.1, -0.05) is 24.1 Å². The van der Waals surface area contributed by atoms with Gasteiger partial charge < -0.3 is 0 Å². The molecule has 1 aromatic carbocycles. The molecule has 0 spiro atoms. The lowest BCUT2D eigenvalue weighted by atomic mass is 10.1. The van der Waals surface area contributed by atoms with E-state index in [0.29, 0.717) is 0 Å². The van der Waals surface area contributed by atoms with E-state index in [-0.39, 0.29) is 0 Å². The fourth-order valence-corrected chi connectivity index (χ4v) is 0.735. The standard InChI is InChI=1S/C9H8/c1-3-9-7-5-4-6-8(9)2/h1,4-7H,2H3. The van der Waals surface area contributed by atoms with Gasteiger partial charge in [0.1, 0.15) is 0 Å². The van der Waals surface area contributed by atoms with Crippen LogP contribution in [-0.4, -0.2) is 0 Å². The molecule has 0 fully saturated rings. The zero-order valence-electron chi connectivity index (χ0n) is 5.39. The molecule has 0 heteroatoms. The lowest BCUT2D eigenvalue weighted by molar-refractivity contribution is 1.44. The van der Waals surface area contributed by atoms with Crippen molar-refractivity contribution in [3.05, 3.63) is 35.4 Å². The van der Waals surface area contributed by atoms with Gasteiger partial charge in [-0.05, 0) is 18.6 Å². The highest BCUT2D eigenvalue weighted by atomic mass is 13.9. The average molecular weight is 116 g/mol. The second kappa shape index (κ2) is 2.37. The Kier molecular flexibility index (Phi) is 1.55. The number of rotatable bonds is 0. The average Bonchev–Trinajstić information content (AvgIpc) is 1.89. The number of hydrogen-bond donors (Lipinski definition) is 0. The van der Waals surface area contributed by atoms with E-state index >= 15 is 0 Å². The van der Waals surface area contributed by atoms with Gasteiger partial charge in [0.2, 0.25) is 0 Å². The molecule has 0 atom stereocenters. The molecule has 0 aliphatic carbocycles. The van der Waals surface area contributed by atoms with Crippen LogP contribution < -0.4 is 0 Å². The predicted octanol–water partition coefficient (Wildman–Crippen LogP) is 1.98. The molecule has 0 bridgehead atoms. The number of aryl methyl sites for hydroxylation is 1. The molecule has 0 aliphatic heterocycles. The normalized spacial score (nSPS) is 8.44. The van der Waals surface area contributed by atoms with Gasteiger partial charge in [-0.15, -0.1) is 6.42 Å². The van der Waals surface area contributed by atoms with E-state index < -0.39 is 0 Å². The Morgan fingerprint density at radius 1 is 1.33 bits per heavy atom. The molecular weight excluding hydrogens is 108 g/mol. The monoisotopic (exact) mass is 116 g/mol. The van der Waals surface area contributed by atoms with Crippen molar-refractivity contribution >= 4 is 0 Å². The third-order valence-electron chi connectivity index (χ3n) is 1.30. The minimum atomic E-state index is 0.984. The van der Waals surface area contributed by atoms with Crippen molar-refractivity contribution in [2.24, 2.45) is 0 Å². The van der Waals surface area contributed by atoms with Crippen molar-refractivity contribution in [2.45, 2.75) is 6.92 Å². The molecule has 0 saturated heterocycles. The molecule has 0 amide bonds. The van der Waals surface area contributed by atoms with Gasteiger partial charge in [-0.25, -0.2) is 0 Å². The van der Waals surface area contributed by atoms with Crippen molar-refractivity contribution in [1.29, 1.82) is 0 Å². The summed E-state index contributed by atoms with van der Waals surface area (Å²) in [6.45, 7) is 2.01. The van der Waals surface area contributed by atoms with Crippen molar-refractivity contribution < 1.29 is 0 Å². The summed E-state index contributed by atoms with van der Waals surface area (Å²) in [5.41, 5.74) is 2.15. The fourth-order valence-electron chi connectivity index (χ4n) is 0.735. The van der Waals surface area contributed by atoms with Crippen LogP contribution in [0.4, 0.5) is 0 Å². The highest BCUT2D eigenvalue weighted by Crippen LogP contribution is 2.03. The first-order chi connectivity index (χ1) is 4.34. The maximum atomic E-state index is 5.20. The summed E-state index contributed by atoms with van der Waals surface area (Å²) in [4.78, 5) is 0. The van der Waals surface area contributed by atoms with Crippen molar-refractivity contribution in [2.75, 3.05) is 0 Å². The summed E-state index contributed by atoms with van der Waals surface area (Å²) in [6.07, 6.45) is 5.20. The molecule has 0 heterocycles. The summed E-state index contributed by atoms with van der Waals surface area (Å²) in [7, 11) is 0. The molecule has 0 saturated carbocycles. The number of terminal acetylenes is 1. The van der Waals surface area contributed by atoms with E-state index in [1.54, 1.807) is 0 Å². The predicted molar refractivity (Wildman–Crippen MR) is 39.1 cm³/mol. The van der Waals surface area contributed by atoms with Gasteiger partial charge in [0, 0.05) is 5.56 Å². The summed E-state index contributed by atoms with van der Waals surface area (Å²) >= 11 is 0. The van der Waals surface area contributed by atoms with Gasteiger partial charge in [0.15, 0.2) is 0 Å². The Morgan fingerprint density at radius 2 is 2.00 bits per heavy atom. The molecule has 0 unspecified atom stereocenters. The van der Waals surface area contributed by atoms with Crippen LogP contribution in [0.2, 0.25) is 0 Å². The van der Waals surface area contributed by atoms with Crippen LogP contribution in [-0.2, 0) is 0 Å². The molecule has 9 heavy (non-hydrogen) atoms. The molecule has 0 aromatic heterocycles. The van der Waals surface area contributed by atoms with E-state index in [0.717, 1.165) is 5.56 Å². The van der Waals surface area contributed by atoms with Crippen LogP contribution >= 0.6 is 0 Å². The third kappa shape index (κ3) is 1.12. The first kappa shape index (κ1) is 5.91. The summed E-state index contributed by atoms with van der Waals surface area (Å²) in [5, 5.41) is 0. The molecule has 44 valence electrons. The van der Waals surface area contributed by atoms with Crippen molar-refractivity contribution in [3.63, 3.8) is 0 Å². The fraction of sp³-hybridized carbons (Fsp3) is 0.111. The van der Waals surface area contributed by atoms with Crippen LogP contribution in [0.25, 0.3) is 0 Å². The zero-order valence-corrected chi connectivity index (χ0v) is 5.39. The number of benzene rings is 1. The SMILES string of the molecule is C#Cc1ccccc1C. The van der Waals surface area contributed by atoms with Gasteiger partial charge in [0.25, 0.3) is 0 Å². The lowest BCUT2D eigenvalue weighted by Gasteiger charge is -1.92. The Hall–Kier alpha value is -1.22. The van der Waals surface area contributed by atoms with E-state index in [1.807, 2.05) is 31.2 Å². The minimum Gasteiger partial charge on any atom is -0.115 e. The summed E-state index contributed by atoms with van der Waals surface area (Å²) < 4.78 is 0. The molecule has 1 rings (SSSR count). The van der Waals surface area contributed by atoms with Crippen LogP contribution in [0.15, 0.2) is 24.3 Å². The van der Waals surface area contributed by atoms with E-state index in [2.05, 4.69) is 5.92 Å². The smallest absolute Gasteiger partial charge is 0.0271 e. The van der Waals surface area contributed by atoms with Crippen molar-refractivity contribution in [3.8, 4) is 12.3 Å². The topological polar surface area (TPSA) is 0 Å². The van der Waals surface area contributed by atoms with Crippen molar-refractivity contribution in [1.82, 2.24) is 0 Å². The maximum Gasteiger partial charge on any atom is 0.0271 e. The van der Waals surface area contributed by atoms with Crippen LogP contribution in [0.5, 0.6) is 0 Å². The van der Waals surface area contributed by atoms with Gasteiger partial charge >= 0.3 is 0 Å². The maximum absolute atomic E-state index is 5.20. The van der Waals surface area contributed by atoms with Crippen LogP contribution in [0, 0.1) is 19.3 Å². The summed E-state index contributed by atoms with van der Waals surface area (Å²) in [5.74, 6) is 2.60. The first-order valence-electron chi connectivity index (χ1n) is 2.87. The third-order valence-corrected chi connectivity index (χ3v) is 1.30. The Morgan fingerprint density at radius 3 is 2.44 bits per heavy atom. The Balaban J connectivity index is 3.20. The molecule has 0 aliphatic rings. The van der Waals surface area contributed by atoms with Gasteiger partial charge in [-0.3, -0.25) is 0 Å². The van der Waals surface area contributed by atoms with Gasteiger partial charge in [0.05, 0.1) is 0 Å². The second-order valence-electron chi connectivity index (χ2n) is 1.96. The van der Waals surface area contributed by atoms with E-state index in [1.165, 1.54) is 5.56 Å². The number of hydrogen-bond acceptors (Lipinski definition) is 0. The second-order valence-corrected chi connectivity index (χ2v) is 1.96. The molecule has 1 aromatic rings. The zero-order chi connectivity index (χ0) is 6.69. The Bertz CT molecular complexity index is 240. The highest BCUT2D eigenvalue weighted by Gasteiger charge is 1.87. The van der Waals surface area contributed by atoms with Crippen LogP contribution in [0.3, 0.4) is 0 Å². The molecule has 0 N–H and O–H groups in total. The summed E-state index contributed by atoms with van der Waals surface area (Å²) in [6, 6.07) is 7.88. The quantitative estimate of drug-likeness (QED) is 0.455. The first-order valence-corrected chi connectivity index (χ1v) is 2.87.